The molecular formula is C12H19N5. The molecule has 1 rings (SSSR count). The van der Waals surface area contributed by atoms with Crippen molar-refractivity contribution in [3.05, 3.63) is 12.4 Å². The van der Waals surface area contributed by atoms with Crippen molar-refractivity contribution in [1.29, 1.82) is 5.26 Å². The second-order valence-corrected chi connectivity index (χ2v) is 5.19. The molecule has 0 aromatic carbocycles. The number of nitrogens with one attached hydrogen (secondary N) is 1. The van der Waals surface area contributed by atoms with Crippen LogP contribution in [0, 0.1) is 16.7 Å². The van der Waals surface area contributed by atoms with E-state index in [0.29, 0.717) is 5.82 Å². The fourth-order valence-electron chi connectivity index (χ4n) is 1.58. The van der Waals surface area contributed by atoms with E-state index in [2.05, 4.69) is 41.0 Å². The average molecular weight is 233 g/mol. The maximum absolute atomic E-state index is 8.49. The first-order chi connectivity index (χ1) is 7.92. The third kappa shape index (κ3) is 4.68. The van der Waals surface area contributed by atoms with Crippen molar-refractivity contribution in [3.8, 4) is 6.07 Å². The fourth-order valence-corrected chi connectivity index (χ4v) is 1.58. The molecular weight excluding hydrogens is 214 g/mol. The maximum Gasteiger partial charge on any atom is 0.133 e. The van der Waals surface area contributed by atoms with Crippen molar-refractivity contribution >= 4 is 11.6 Å². The number of nitrogens with zero attached hydrogens (tertiary/aromatic N) is 4. The predicted octanol–water partition coefficient (Wildman–Crippen LogP) is 1.89. The Bertz CT molecular complexity index is 402. The van der Waals surface area contributed by atoms with Gasteiger partial charge in [0.2, 0.25) is 0 Å². The van der Waals surface area contributed by atoms with Crippen LogP contribution in [-0.4, -0.2) is 30.1 Å². The molecule has 0 unspecified atom stereocenters. The maximum atomic E-state index is 8.49. The minimum Gasteiger partial charge on any atom is -0.359 e. The van der Waals surface area contributed by atoms with Crippen LogP contribution in [-0.2, 0) is 0 Å². The Kier molecular flexibility index (Phi) is 4.27. The molecule has 0 saturated carbocycles. The molecule has 0 atom stereocenters. The summed E-state index contributed by atoms with van der Waals surface area (Å²) in [5.41, 5.74) is 0.208. The molecule has 0 radical (unpaired) electrons. The lowest BCUT2D eigenvalue weighted by atomic mass is 9.96. The largest absolute Gasteiger partial charge is 0.359 e. The molecule has 0 spiro atoms. The third-order valence-electron chi connectivity index (χ3n) is 2.10. The van der Waals surface area contributed by atoms with Crippen molar-refractivity contribution < 1.29 is 0 Å². The van der Waals surface area contributed by atoms with Crippen molar-refractivity contribution in [2.75, 3.05) is 30.4 Å². The topological polar surface area (TPSA) is 64.8 Å². The highest BCUT2D eigenvalue weighted by molar-refractivity contribution is 5.48. The van der Waals surface area contributed by atoms with E-state index in [1.165, 1.54) is 6.33 Å². The molecule has 17 heavy (non-hydrogen) atoms. The van der Waals surface area contributed by atoms with Crippen LogP contribution in [0.15, 0.2) is 12.4 Å². The van der Waals surface area contributed by atoms with Crippen LogP contribution in [0.5, 0.6) is 0 Å². The lowest BCUT2D eigenvalue weighted by Gasteiger charge is -2.27. The van der Waals surface area contributed by atoms with Crippen molar-refractivity contribution in [2.45, 2.75) is 20.8 Å². The zero-order valence-electron chi connectivity index (χ0n) is 10.9. The van der Waals surface area contributed by atoms with Crippen LogP contribution >= 0.6 is 0 Å². The van der Waals surface area contributed by atoms with Crippen molar-refractivity contribution in [1.82, 2.24) is 9.97 Å². The quantitative estimate of drug-likeness (QED) is 0.804. The number of hydrogen-bond acceptors (Lipinski definition) is 5. The Morgan fingerprint density at radius 1 is 1.41 bits per heavy atom. The molecule has 0 saturated heterocycles. The van der Waals surface area contributed by atoms with E-state index in [4.69, 9.17) is 5.26 Å². The van der Waals surface area contributed by atoms with Crippen LogP contribution in [0.3, 0.4) is 0 Å². The first-order valence-electron chi connectivity index (χ1n) is 5.56. The molecule has 5 nitrogen and oxygen atoms in total. The Balaban J connectivity index is 2.74. The number of aromatic nitrogens is 2. The second-order valence-electron chi connectivity index (χ2n) is 5.19. The summed E-state index contributed by atoms with van der Waals surface area (Å²) >= 11 is 0. The first-order valence-corrected chi connectivity index (χ1v) is 5.56. The fraction of sp³-hybridized carbons (Fsp3) is 0.583. The summed E-state index contributed by atoms with van der Waals surface area (Å²) in [5, 5.41) is 11.4. The summed E-state index contributed by atoms with van der Waals surface area (Å²) in [6.45, 7) is 7.69. The van der Waals surface area contributed by atoms with E-state index < -0.39 is 0 Å². The minimum absolute atomic E-state index is 0.208. The van der Waals surface area contributed by atoms with Crippen LogP contribution in [0.1, 0.15) is 20.8 Å². The summed E-state index contributed by atoms with van der Waals surface area (Å²) in [7, 11) is 2.00. The van der Waals surface area contributed by atoms with Crippen LogP contribution in [0.4, 0.5) is 11.6 Å². The highest BCUT2D eigenvalue weighted by Gasteiger charge is 2.14. The summed E-state index contributed by atoms with van der Waals surface area (Å²) in [6, 6.07) is 3.87. The molecule has 1 heterocycles. The van der Waals surface area contributed by atoms with E-state index >= 15 is 0 Å². The molecule has 0 amide bonds. The lowest BCUT2D eigenvalue weighted by Crippen LogP contribution is -2.29. The summed E-state index contributed by atoms with van der Waals surface area (Å²) in [4.78, 5) is 10.4. The van der Waals surface area contributed by atoms with E-state index in [9.17, 15) is 0 Å². The molecule has 5 heteroatoms. The number of anilines is 2. The van der Waals surface area contributed by atoms with Crippen LogP contribution in [0.25, 0.3) is 0 Å². The Morgan fingerprint density at radius 3 is 2.71 bits per heavy atom. The molecule has 92 valence electrons. The molecule has 0 bridgehead atoms. The molecule has 1 N–H and O–H groups in total. The van der Waals surface area contributed by atoms with Crippen LogP contribution < -0.4 is 10.2 Å². The SMILES string of the molecule is CN(CC(C)(C)C)c1cc(NCC#N)ncn1. The summed E-state index contributed by atoms with van der Waals surface area (Å²) < 4.78 is 0. The van der Waals surface area contributed by atoms with Gasteiger partial charge in [-0.3, -0.25) is 0 Å². The van der Waals surface area contributed by atoms with E-state index in [-0.39, 0.29) is 12.0 Å². The van der Waals surface area contributed by atoms with Gasteiger partial charge in [0.1, 0.15) is 24.5 Å². The normalized spacial score (nSPS) is 10.8. The predicted molar refractivity (Wildman–Crippen MR) is 68.9 cm³/mol. The highest BCUT2D eigenvalue weighted by Crippen LogP contribution is 2.19. The summed E-state index contributed by atoms with van der Waals surface area (Å²) in [5.74, 6) is 1.53. The van der Waals surface area contributed by atoms with Gasteiger partial charge in [0.25, 0.3) is 0 Å². The van der Waals surface area contributed by atoms with Gasteiger partial charge < -0.3 is 10.2 Å². The monoisotopic (exact) mass is 233 g/mol. The second kappa shape index (κ2) is 5.48. The Morgan fingerprint density at radius 2 is 2.12 bits per heavy atom. The van der Waals surface area contributed by atoms with Gasteiger partial charge in [-0.1, -0.05) is 20.8 Å². The number of hydrogen-bond donors (Lipinski definition) is 1. The van der Waals surface area contributed by atoms with Gasteiger partial charge in [0.05, 0.1) is 6.07 Å². The van der Waals surface area contributed by atoms with E-state index in [1.807, 2.05) is 19.2 Å². The van der Waals surface area contributed by atoms with Gasteiger partial charge in [-0.05, 0) is 5.41 Å². The molecule has 1 aromatic heterocycles. The van der Waals surface area contributed by atoms with Gasteiger partial charge in [0, 0.05) is 19.7 Å². The zero-order valence-corrected chi connectivity index (χ0v) is 10.9. The molecule has 1 aromatic rings. The average Bonchev–Trinajstić information content (AvgIpc) is 2.24. The molecule has 0 aliphatic heterocycles. The van der Waals surface area contributed by atoms with Gasteiger partial charge in [0.15, 0.2) is 0 Å². The van der Waals surface area contributed by atoms with Gasteiger partial charge in [-0.2, -0.15) is 5.26 Å². The lowest BCUT2D eigenvalue weighted by molar-refractivity contribution is 0.418. The smallest absolute Gasteiger partial charge is 0.133 e. The third-order valence-corrected chi connectivity index (χ3v) is 2.10. The van der Waals surface area contributed by atoms with Crippen LogP contribution in [0.2, 0.25) is 0 Å². The highest BCUT2D eigenvalue weighted by atomic mass is 15.2. The first kappa shape index (κ1) is 13.2. The number of rotatable bonds is 4. The number of nitriles is 1. The van der Waals surface area contributed by atoms with Crippen molar-refractivity contribution in [3.63, 3.8) is 0 Å². The van der Waals surface area contributed by atoms with Gasteiger partial charge in [-0.25, -0.2) is 9.97 Å². The molecule has 0 aliphatic carbocycles. The Labute approximate surface area is 102 Å². The van der Waals surface area contributed by atoms with E-state index in [0.717, 1.165) is 12.4 Å². The zero-order chi connectivity index (χ0) is 12.9. The van der Waals surface area contributed by atoms with Gasteiger partial charge >= 0.3 is 0 Å². The van der Waals surface area contributed by atoms with Crippen molar-refractivity contribution in [2.24, 2.45) is 5.41 Å². The summed E-state index contributed by atoms with van der Waals surface area (Å²) in [6.07, 6.45) is 1.51. The van der Waals surface area contributed by atoms with E-state index in [1.54, 1.807) is 0 Å². The molecule has 0 aliphatic rings. The Hall–Kier alpha value is -1.83. The standard InChI is InChI=1S/C12H19N5/c1-12(2,3)8-17(4)11-7-10(14-6-5-13)15-9-16-11/h7,9H,6,8H2,1-4H3,(H,14,15,16). The molecule has 0 fully saturated rings. The minimum atomic E-state index is 0.208. The van der Waals surface area contributed by atoms with Gasteiger partial charge in [-0.15, -0.1) is 0 Å².